The molecular weight excluding hydrogens is 312 g/mol. The van der Waals surface area contributed by atoms with E-state index in [1.54, 1.807) is 33.8 Å². The number of nitrogens with zero attached hydrogens (tertiary/aromatic N) is 1. The monoisotopic (exact) mass is 332 g/mol. The molecule has 0 fully saturated rings. The molecule has 1 aromatic carbocycles. The second-order valence-corrected chi connectivity index (χ2v) is 6.04. The van der Waals surface area contributed by atoms with Crippen LogP contribution < -0.4 is 5.32 Å². The van der Waals surface area contributed by atoms with Crippen molar-refractivity contribution in [2.75, 3.05) is 6.54 Å². The summed E-state index contributed by atoms with van der Waals surface area (Å²) in [5, 5.41) is 24.1. The first-order chi connectivity index (χ1) is 11.1. The number of benzene rings is 1. The van der Waals surface area contributed by atoms with Crippen molar-refractivity contribution >= 4 is 11.6 Å². The van der Waals surface area contributed by atoms with Crippen LogP contribution >= 0.6 is 0 Å². The number of nitro benzene ring substituents is 1. The summed E-state index contributed by atoms with van der Waals surface area (Å²) in [6.45, 7) is 6.64. The van der Waals surface area contributed by atoms with Crippen LogP contribution in [-0.2, 0) is 5.60 Å². The molecule has 0 spiro atoms. The van der Waals surface area contributed by atoms with E-state index in [0.29, 0.717) is 22.6 Å². The van der Waals surface area contributed by atoms with Gasteiger partial charge in [0.1, 0.15) is 17.1 Å². The third kappa shape index (κ3) is 3.62. The normalized spacial score (nSPS) is 13.4. The molecule has 1 heterocycles. The molecule has 0 radical (unpaired) electrons. The third-order valence-electron chi connectivity index (χ3n) is 3.88. The summed E-state index contributed by atoms with van der Waals surface area (Å²) < 4.78 is 5.40. The minimum Gasteiger partial charge on any atom is -0.466 e. The molecule has 2 rings (SSSR count). The maximum absolute atomic E-state index is 12.2. The van der Waals surface area contributed by atoms with E-state index in [1.807, 2.05) is 0 Å². The van der Waals surface area contributed by atoms with Crippen LogP contribution in [0.5, 0.6) is 0 Å². The Kier molecular flexibility index (Phi) is 4.75. The summed E-state index contributed by atoms with van der Waals surface area (Å²) in [5.41, 5.74) is -0.184. The summed E-state index contributed by atoms with van der Waals surface area (Å²) in [6.07, 6.45) is 0. The van der Waals surface area contributed by atoms with E-state index in [2.05, 4.69) is 5.32 Å². The Morgan fingerprint density at radius 2 is 2.00 bits per heavy atom. The van der Waals surface area contributed by atoms with Crippen molar-refractivity contribution in [3.05, 3.63) is 62.6 Å². The van der Waals surface area contributed by atoms with Gasteiger partial charge in [-0.3, -0.25) is 14.9 Å². The van der Waals surface area contributed by atoms with E-state index >= 15 is 0 Å². The first-order valence-corrected chi connectivity index (χ1v) is 7.45. The fraction of sp³-hybridized carbons (Fsp3) is 0.353. The number of hydrogen-bond acceptors (Lipinski definition) is 5. The molecule has 1 atom stereocenters. The maximum Gasteiger partial charge on any atom is 0.273 e. The molecule has 2 N–H and O–H groups in total. The Hall–Kier alpha value is -2.67. The molecule has 1 aromatic heterocycles. The van der Waals surface area contributed by atoms with E-state index in [0.717, 1.165) is 0 Å². The Balaban J connectivity index is 2.14. The van der Waals surface area contributed by atoms with Gasteiger partial charge in [0, 0.05) is 22.8 Å². The van der Waals surface area contributed by atoms with E-state index in [1.165, 1.54) is 18.2 Å². The van der Waals surface area contributed by atoms with Crippen molar-refractivity contribution < 1.29 is 19.2 Å². The molecule has 24 heavy (non-hydrogen) atoms. The zero-order valence-corrected chi connectivity index (χ0v) is 14.0. The third-order valence-corrected chi connectivity index (χ3v) is 3.88. The molecule has 0 aliphatic carbocycles. The highest BCUT2D eigenvalue weighted by Gasteiger charge is 2.28. The lowest BCUT2D eigenvalue weighted by Gasteiger charge is -2.23. The van der Waals surface area contributed by atoms with Crippen LogP contribution in [0.4, 0.5) is 5.69 Å². The SMILES string of the molecule is Cc1cc(C(C)(O)CNC(=O)c2ccc(C)c([N+](=O)[O-])c2)c(C)o1. The van der Waals surface area contributed by atoms with Gasteiger partial charge in [-0.05, 0) is 39.8 Å². The van der Waals surface area contributed by atoms with E-state index in [-0.39, 0.29) is 17.8 Å². The molecule has 0 saturated carbocycles. The maximum atomic E-state index is 12.2. The van der Waals surface area contributed by atoms with Gasteiger partial charge in [-0.15, -0.1) is 0 Å². The van der Waals surface area contributed by atoms with E-state index in [4.69, 9.17) is 4.42 Å². The van der Waals surface area contributed by atoms with Gasteiger partial charge in [0.05, 0.1) is 11.5 Å². The number of aliphatic hydroxyl groups is 1. The van der Waals surface area contributed by atoms with Crippen LogP contribution in [0.2, 0.25) is 0 Å². The quantitative estimate of drug-likeness (QED) is 0.647. The fourth-order valence-electron chi connectivity index (χ4n) is 2.56. The number of carbonyl (C=O) groups is 1. The summed E-state index contributed by atoms with van der Waals surface area (Å²) in [5.74, 6) is 0.761. The van der Waals surface area contributed by atoms with Gasteiger partial charge < -0.3 is 14.8 Å². The average Bonchev–Trinajstić information content (AvgIpc) is 2.84. The van der Waals surface area contributed by atoms with Crippen LogP contribution in [0.3, 0.4) is 0 Å². The predicted molar refractivity (Wildman–Crippen MR) is 87.9 cm³/mol. The Morgan fingerprint density at radius 1 is 1.33 bits per heavy atom. The molecule has 1 unspecified atom stereocenters. The summed E-state index contributed by atoms with van der Waals surface area (Å²) >= 11 is 0. The van der Waals surface area contributed by atoms with Crippen molar-refractivity contribution in [3.8, 4) is 0 Å². The minimum atomic E-state index is -1.31. The smallest absolute Gasteiger partial charge is 0.273 e. The molecule has 128 valence electrons. The van der Waals surface area contributed by atoms with Gasteiger partial charge in [-0.25, -0.2) is 0 Å². The van der Waals surface area contributed by atoms with Gasteiger partial charge in [-0.1, -0.05) is 6.07 Å². The predicted octanol–water partition coefficient (Wildman–Crippen LogP) is 2.75. The Labute approximate surface area is 139 Å². The molecule has 2 aromatic rings. The highest BCUT2D eigenvalue weighted by atomic mass is 16.6. The number of nitro groups is 1. The lowest BCUT2D eigenvalue weighted by Crippen LogP contribution is -2.38. The Morgan fingerprint density at radius 3 is 2.54 bits per heavy atom. The van der Waals surface area contributed by atoms with Crippen molar-refractivity contribution in [1.82, 2.24) is 5.32 Å². The number of nitrogens with one attached hydrogen (secondary N) is 1. The molecule has 0 aliphatic rings. The number of amides is 1. The van der Waals surface area contributed by atoms with E-state index < -0.39 is 16.4 Å². The second-order valence-electron chi connectivity index (χ2n) is 6.04. The van der Waals surface area contributed by atoms with Gasteiger partial charge in [0.15, 0.2) is 0 Å². The minimum absolute atomic E-state index is 0.0483. The fourth-order valence-corrected chi connectivity index (χ4v) is 2.56. The standard InChI is InChI=1S/C17H20N2O5/c1-10-5-6-13(8-15(10)19(22)23)16(20)18-9-17(4,21)14-7-11(2)24-12(14)3/h5-8,21H,9H2,1-4H3,(H,18,20). The van der Waals surface area contributed by atoms with Crippen LogP contribution in [0, 0.1) is 30.9 Å². The zero-order chi connectivity index (χ0) is 18.1. The molecule has 0 bridgehead atoms. The van der Waals surface area contributed by atoms with Crippen LogP contribution in [0.1, 0.15) is 39.9 Å². The lowest BCUT2D eigenvalue weighted by atomic mass is 9.96. The van der Waals surface area contributed by atoms with Crippen LogP contribution in [0.25, 0.3) is 0 Å². The average molecular weight is 332 g/mol. The van der Waals surface area contributed by atoms with Crippen molar-refractivity contribution in [1.29, 1.82) is 0 Å². The number of carbonyl (C=O) groups excluding carboxylic acids is 1. The van der Waals surface area contributed by atoms with Crippen molar-refractivity contribution in [2.45, 2.75) is 33.3 Å². The molecule has 7 nitrogen and oxygen atoms in total. The van der Waals surface area contributed by atoms with E-state index in [9.17, 15) is 20.0 Å². The Bertz CT molecular complexity index is 792. The van der Waals surface area contributed by atoms with Crippen LogP contribution in [0.15, 0.2) is 28.7 Å². The lowest BCUT2D eigenvalue weighted by molar-refractivity contribution is -0.385. The largest absolute Gasteiger partial charge is 0.466 e. The first kappa shape index (κ1) is 17.7. The second kappa shape index (κ2) is 6.45. The molecular formula is C17H20N2O5. The number of hydrogen-bond donors (Lipinski definition) is 2. The molecule has 1 amide bonds. The van der Waals surface area contributed by atoms with Gasteiger partial charge >= 0.3 is 0 Å². The van der Waals surface area contributed by atoms with Crippen molar-refractivity contribution in [3.63, 3.8) is 0 Å². The number of rotatable bonds is 5. The van der Waals surface area contributed by atoms with Gasteiger partial charge in [0.25, 0.3) is 11.6 Å². The summed E-state index contributed by atoms with van der Waals surface area (Å²) in [6, 6.07) is 5.99. The highest BCUT2D eigenvalue weighted by molar-refractivity contribution is 5.95. The summed E-state index contributed by atoms with van der Waals surface area (Å²) in [7, 11) is 0. The summed E-state index contributed by atoms with van der Waals surface area (Å²) in [4.78, 5) is 22.7. The molecule has 0 aliphatic heterocycles. The number of aryl methyl sites for hydroxylation is 3. The molecule has 0 saturated heterocycles. The van der Waals surface area contributed by atoms with Crippen LogP contribution in [-0.4, -0.2) is 22.5 Å². The topological polar surface area (TPSA) is 106 Å². The van der Waals surface area contributed by atoms with Gasteiger partial charge in [0.2, 0.25) is 0 Å². The molecule has 7 heteroatoms. The number of furan rings is 1. The van der Waals surface area contributed by atoms with Crippen molar-refractivity contribution in [2.24, 2.45) is 0 Å². The first-order valence-electron chi connectivity index (χ1n) is 7.45. The van der Waals surface area contributed by atoms with Gasteiger partial charge in [-0.2, -0.15) is 0 Å². The zero-order valence-electron chi connectivity index (χ0n) is 14.0. The highest BCUT2D eigenvalue weighted by Crippen LogP contribution is 2.26.